The van der Waals surface area contributed by atoms with E-state index >= 15 is 0 Å². The van der Waals surface area contributed by atoms with Gasteiger partial charge in [-0.15, -0.1) is 0 Å². The molecule has 0 aliphatic carbocycles. The van der Waals surface area contributed by atoms with Crippen molar-refractivity contribution in [2.45, 2.75) is 52.7 Å². The minimum Gasteiger partial charge on any atom is -0.480 e. The fourth-order valence-electron chi connectivity index (χ4n) is 1.40. The number of hydrogen-bond acceptors (Lipinski definition) is 7. The van der Waals surface area contributed by atoms with E-state index in [4.69, 9.17) is 19.3 Å². The van der Waals surface area contributed by atoms with Gasteiger partial charge in [-0.05, 0) is 41.5 Å². The Labute approximate surface area is 172 Å². The van der Waals surface area contributed by atoms with Gasteiger partial charge in [0.1, 0.15) is 30.9 Å². The molecule has 0 saturated heterocycles. The first-order valence-corrected chi connectivity index (χ1v) is 8.85. The second kappa shape index (κ2) is 12.6. The summed E-state index contributed by atoms with van der Waals surface area (Å²) in [6.45, 7) is 13.5. The molecular weight excluding hydrogens is 384 g/mol. The molecule has 0 aliphatic rings. The number of rotatable bonds is 6. The van der Waals surface area contributed by atoms with Crippen LogP contribution in [0.4, 0.5) is 9.59 Å². The van der Waals surface area contributed by atoms with E-state index in [-0.39, 0.29) is 19.7 Å². The molecule has 29 heavy (non-hydrogen) atoms. The highest BCUT2D eigenvalue weighted by Crippen LogP contribution is 2.09. The van der Waals surface area contributed by atoms with Crippen molar-refractivity contribution in [3.8, 4) is 0 Å². The van der Waals surface area contributed by atoms with Gasteiger partial charge in [0.05, 0.1) is 0 Å². The summed E-state index contributed by atoms with van der Waals surface area (Å²) in [5.41, 5.74) is -1.17. The van der Waals surface area contributed by atoms with Crippen molar-refractivity contribution in [3.63, 3.8) is 0 Å². The quantitative estimate of drug-likeness (QED) is 0.397. The third-order valence-corrected chi connectivity index (χ3v) is 2.51. The second-order valence-corrected chi connectivity index (χ2v) is 8.04. The van der Waals surface area contributed by atoms with Crippen molar-refractivity contribution in [1.82, 2.24) is 9.80 Å². The summed E-state index contributed by atoms with van der Waals surface area (Å²) < 4.78 is 14.7. The molecule has 10 heteroatoms. The number of hydrogen-bond donors (Lipinski definition) is 1. The normalized spacial score (nSPS) is 10.6. The van der Waals surface area contributed by atoms with Crippen LogP contribution in [0.3, 0.4) is 0 Å². The molecule has 1 N–H and O–H groups in total. The van der Waals surface area contributed by atoms with Gasteiger partial charge in [-0.1, -0.05) is 12.7 Å². The number of ether oxygens (including phenoxy) is 3. The van der Waals surface area contributed by atoms with Gasteiger partial charge in [0.25, 0.3) is 0 Å². The number of carbonyl (C=O) groups excluding carboxylic acids is 3. The zero-order valence-corrected chi connectivity index (χ0v) is 18.6. The third kappa shape index (κ3) is 18.4. The lowest BCUT2D eigenvalue weighted by Crippen LogP contribution is -2.37. The number of nitrogens with zero attached hydrogens (tertiary/aromatic N) is 2. The molecular formula is C19H34N2O8. The second-order valence-electron chi connectivity index (χ2n) is 8.04. The lowest BCUT2D eigenvalue weighted by molar-refractivity contribution is -0.143. The van der Waals surface area contributed by atoms with Crippen molar-refractivity contribution in [2.75, 3.05) is 33.8 Å². The maximum absolute atomic E-state index is 11.4. The molecule has 0 fully saturated rings. The van der Waals surface area contributed by atoms with Gasteiger partial charge in [0.15, 0.2) is 0 Å². The van der Waals surface area contributed by atoms with Crippen LogP contribution in [0.1, 0.15) is 41.5 Å². The Morgan fingerprint density at radius 2 is 1.24 bits per heavy atom. The minimum atomic E-state index is -1.06. The topological polar surface area (TPSA) is 123 Å². The maximum atomic E-state index is 11.4. The molecule has 168 valence electrons. The predicted molar refractivity (Wildman–Crippen MR) is 107 cm³/mol. The van der Waals surface area contributed by atoms with E-state index in [1.165, 1.54) is 20.2 Å². The number of likely N-dealkylation sites (N-methyl/N-ethyl adjacent to an activating group) is 2. The van der Waals surface area contributed by atoms with Crippen molar-refractivity contribution in [1.29, 1.82) is 0 Å². The van der Waals surface area contributed by atoms with E-state index in [0.717, 1.165) is 9.80 Å². The molecule has 0 saturated carbocycles. The van der Waals surface area contributed by atoms with Gasteiger partial charge in [0, 0.05) is 14.1 Å². The fourth-order valence-corrected chi connectivity index (χ4v) is 1.40. The van der Waals surface area contributed by atoms with Gasteiger partial charge in [0.2, 0.25) is 0 Å². The Balaban J connectivity index is 0. The maximum Gasteiger partial charge on any atom is 0.410 e. The van der Waals surface area contributed by atoms with Crippen molar-refractivity contribution < 1.29 is 38.5 Å². The minimum absolute atomic E-state index is 0.136. The van der Waals surface area contributed by atoms with E-state index in [9.17, 15) is 19.2 Å². The number of esters is 1. The molecule has 0 heterocycles. The molecule has 0 atom stereocenters. The molecule has 0 aromatic rings. The molecule has 0 rings (SSSR count). The molecule has 0 aromatic carbocycles. The standard InChI is InChI=1S/C11H19NO4.C8H15NO4/c1-6-7-15-9(13)8-12(5)10(14)16-11(2,3)4;1-8(2,3)13-7(12)9(4)5-6(10)11/h6H,1,7-8H2,2-5H3;5H2,1-4H3,(H,10,11). The van der Waals surface area contributed by atoms with Crippen LogP contribution < -0.4 is 0 Å². The van der Waals surface area contributed by atoms with Gasteiger partial charge >= 0.3 is 24.1 Å². The number of aliphatic carboxylic acids is 1. The Morgan fingerprint density at radius 1 is 0.862 bits per heavy atom. The lowest BCUT2D eigenvalue weighted by Gasteiger charge is -2.23. The molecule has 0 aromatic heterocycles. The summed E-state index contributed by atoms with van der Waals surface area (Å²) in [6.07, 6.45) is 0.281. The van der Waals surface area contributed by atoms with E-state index in [1.807, 2.05) is 0 Å². The number of amides is 2. The van der Waals surface area contributed by atoms with Crippen LogP contribution in [0.15, 0.2) is 12.7 Å². The Morgan fingerprint density at radius 3 is 1.55 bits per heavy atom. The summed E-state index contributed by atoms with van der Waals surface area (Å²) >= 11 is 0. The summed E-state index contributed by atoms with van der Waals surface area (Å²) in [5, 5.41) is 8.38. The van der Waals surface area contributed by atoms with E-state index in [1.54, 1.807) is 41.5 Å². The molecule has 0 aliphatic heterocycles. The van der Waals surface area contributed by atoms with Crippen LogP contribution in [0.2, 0.25) is 0 Å². The number of carbonyl (C=O) groups is 4. The Hall–Kier alpha value is -2.78. The average Bonchev–Trinajstić information content (AvgIpc) is 2.49. The van der Waals surface area contributed by atoms with Crippen LogP contribution in [-0.2, 0) is 23.8 Å². The van der Waals surface area contributed by atoms with Gasteiger partial charge in [-0.3, -0.25) is 9.59 Å². The van der Waals surface area contributed by atoms with Crippen LogP contribution in [0.5, 0.6) is 0 Å². The fraction of sp³-hybridized carbons (Fsp3) is 0.684. The van der Waals surface area contributed by atoms with Crippen LogP contribution in [0.25, 0.3) is 0 Å². The monoisotopic (exact) mass is 418 g/mol. The van der Waals surface area contributed by atoms with Gasteiger partial charge in [-0.2, -0.15) is 0 Å². The van der Waals surface area contributed by atoms with Crippen molar-refractivity contribution in [2.24, 2.45) is 0 Å². The summed E-state index contributed by atoms with van der Waals surface area (Å²) in [4.78, 5) is 46.1. The molecule has 2 amide bonds. The van der Waals surface area contributed by atoms with Gasteiger partial charge < -0.3 is 29.1 Å². The highest BCUT2D eigenvalue weighted by atomic mass is 16.6. The molecule has 0 radical (unpaired) electrons. The Kier molecular flexibility index (Phi) is 12.4. The van der Waals surface area contributed by atoms with Crippen LogP contribution in [-0.4, -0.2) is 84.0 Å². The summed E-state index contributed by atoms with van der Waals surface area (Å²) in [7, 11) is 2.85. The van der Waals surface area contributed by atoms with Crippen molar-refractivity contribution >= 4 is 24.1 Å². The highest BCUT2D eigenvalue weighted by Gasteiger charge is 2.22. The van der Waals surface area contributed by atoms with Crippen LogP contribution >= 0.6 is 0 Å². The van der Waals surface area contributed by atoms with E-state index in [2.05, 4.69) is 6.58 Å². The highest BCUT2D eigenvalue weighted by molar-refractivity contribution is 5.78. The SMILES string of the molecule is C=CCOC(=O)CN(C)C(=O)OC(C)(C)C.CN(CC(=O)O)C(=O)OC(C)(C)C. The first kappa shape index (κ1) is 28.4. The zero-order valence-electron chi connectivity index (χ0n) is 18.6. The average molecular weight is 418 g/mol. The van der Waals surface area contributed by atoms with Crippen LogP contribution in [0, 0.1) is 0 Å². The molecule has 0 bridgehead atoms. The smallest absolute Gasteiger partial charge is 0.410 e. The summed E-state index contributed by atoms with van der Waals surface area (Å²) in [5.74, 6) is -1.55. The zero-order chi connectivity index (χ0) is 23.4. The molecule has 0 unspecified atom stereocenters. The molecule has 10 nitrogen and oxygen atoms in total. The number of carboxylic acids is 1. The molecule has 0 spiro atoms. The Bertz CT molecular complexity index is 576. The predicted octanol–water partition coefficient (Wildman–Crippen LogP) is 2.52. The lowest BCUT2D eigenvalue weighted by atomic mass is 10.2. The largest absolute Gasteiger partial charge is 0.480 e. The summed E-state index contributed by atoms with van der Waals surface area (Å²) in [6, 6.07) is 0. The third-order valence-electron chi connectivity index (χ3n) is 2.51. The first-order chi connectivity index (χ1) is 13.0. The number of carboxylic acid groups (broad SMARTS) is 1. The van der Waals surface area contributed by atoms with E-state index in [0.29, 0.717) is 0 Å². The van der Waals surface area contributed by atoms with Crippen molar-refractivity contribution in [3.05, 3.63) is 12.7 Å². The van der Waals surface area contributed by atoms with Gasteiger partial charge in [-0.25, -0.2) is 9.59 Å². The van der Waals surface area contributed by atoms with E-state index < -0.39 is 35.3 Å². The first-order valence-electron chi connectivity index (χ1n) is 8.85.